The Morgan fingerprint density at radius 2 is 1.03 bits per heavy atom. The smallest absolute Gasteiger partial charge is 0.220 e. The lowest BCUT2D eigenvalue weighted by molar-refractivity contribution is -0.359. The largest absolute Gasteiger partial charge is 0.394 e. The average Bonchev–Trinajstić information content (AvgIpc) is 3.26. The number of allylic oxidation sites excluding steroid dienone is 2. The molecule has 2 rings (SSSR count). The van der Waals surface area contributed by atoms with Crippen LogP contribution in [0.5, 0.6) is 0 Å². The number of aliphatic hydroxyl groups is 8. The molecule has 14 nitrogen and oxygen atoms in total. The summed E-state index contributed by atoms with van der Waals surface area (Å²) in [5.74, 6) is -0.216. The van der Waals surface area contributed by atoms with Crippen LogP contribution in [-0.2, 0) is 23.7 Å². The maximum Gasteiger partial charge on any atom is 0.220 e. The van der Waals surface area contributed by atoms with Crippen molar-refractivity contribution in [2.24, 2.45) is 0 Å². The topological polar surface area (TPSA) is 228 Å². The number of unbranched alkanes of at least 4 members (excludes halogenated alkanes) is 22. The van der Waals surface area contributed by atoms with E-state index < -0.39 is 86.8 Å². The van der Waals surface area contributed by atoms with E-state index in [1.54, 1.807) is 0 Å². The average molecular weight is 876 g/mol. The van der Waals surface area contributed by atoms with E-state index in [0.29, 0.717) is 19.3 Å². The molecule has 2 aliphatic heterocycles. The molecule has 2 heterocycles. The summed E-state index contributed by atoms with van der Waals surface area (Å²) < 4.78 is 22.7. The van der Waals surface area contributed by atoms with Gasteiger partial charge in [-0.05, 0) is 38.5 Å². The minimum atomic E-state index is -1.78. The Balaban J connectivity index is 1.86. The molecular formula is C47H89NO13. The zero-order chi connectivity index (χ0) is 44.7. The van der Waals surface area contributed by atoms with E-state index in [9.17, 15) is 45.6 Å². The van der Waals surface area contributed by atoms with Crippen LogP contribution in [0.15, 0.2) is 12.2 Å². The molecular weight excluding hydrogens is 787 g/mol. The second-order valence-corrected chi connectivity index (χ2v) is 17.6. The Labute approximate surface area is 367 Å². The van der Waals surface area contributed by atoms with Crippen molar-refractivity contribution < 1.29 is 64.6 Å². The third-order valence-corrected chi connectivity index (χ3v) is 12.2. The van der Waals surface area contributed by atoms with Crippen LogP contribution in [0.2, 0.25) is 0 Å². The maximum atomic E-state index is 13.1. The number of nitrogens with one attached hydrogen (secondary N) is 1. The summed E-state index contributed by atoms with van der Waals surface area (Å²) in [6.07, 6.45) is 17.8. The Morgan fingerprint density at radius 1 is 0.574 bits per heavy atom. The van der Waals surface area contributed by atoms with Crippen molar-refractivity contribution in [3.8, 4) is 0 Å². The Hall–Kier alpha value is -1.27. The van der Waals surface area contributed by atoms with Gasteiger partial charge in [0, 0.05) is 6.42 Å². The Bertz CT molecular complexity index is 1080. The monoisotopic (exact) mass is 876 g/mol. The fourth-order valence-electron chi connectivity index (χ4n) is 8.17. The van der Waals surface area contributed by atoms with Gasteiger partial charge in [0.05, 0.1) is 32.0 Å². The van der Waals surface area contributed by atoms with Gasteiger partial charge in [-0.3, -0.25) is 4.79 Å². The SMILES string of the molecule is CCCCCCC/C=C\CCCCCCCC(=O)NC(COC1OC(CO)C(OC2OC(CO)C(O)C(O)C2O)C(O)C1O)C(O)CCCCCCCCCCCCCCC. The van der Waals surface area contributed by atoms with Crippen molar-refractivity contribution in [1.82, 2.24) is 5.32 Å². The lowest BCUT2D eigenvalue weighted by atomic mass is 9.97. The van der Waals surface area contributed by atoms with Crippen LogP contribution in [-0.4, -0.2) is 140 Å². The molecule has 0 radical (unpaired) electrons. The van der Waals surface area contributed by atoms with E-state index in [1.165, 1.54) is 89.9 Å². The van der Waals surface area contributed by atoms with Gasteiger partial charge in [0.15, 0.2) is 12.6 Å². The minimum absolute atomic E-state index is 0.216. The first kappa shape index (κ1) is 55.9. The summed E-state index contributed by atoms with van der Waals surface area (Å²) in [4.78, 5) is 13.1. The van der Waals surface area contributed by atoms with Crippen LogP contribution in [0.4, 0.5) is 0 Å². The first-order chi connectivity index (χ1) is 29.6. The van der Waals surface area contributed by atoms with Gasteiger partial charge in [-0.2, -0.15) is 0 Å². The van der Waals surface area contributed by atoms with Crippen LogP contribution >= 0.6 is 0 Å². The molecule has 14 heteroatoms. The molecule has 0 aromatic heterocycles. The van der Waals surface area contributed by atoms with E-state index in [-0.39, 0.29) is 12.5 Å². The fraction of sp³-hybridized carbons (Fsp3) is 0.936. The molecule has 0 aromatic rings. The molecule has 360 valence electrons. The summed E-state index contributed by atoms with van der Waals surface area (Å²) in [7, 11) is 0. The van der Waals surface area contributed by atoms with Gasteiger partial charge in [0.2, 0.25) is 5.91 Å². The number of aliphatic hydroxyl groups excluding tert-OH is 8. The number of carbonyl (C=O) groups is 1. The number of hydrogen-bond acceptors (Lipinski definition) is 13. The molecule has 2 aliphatic rings. The van der Waals surface area contributed by atoms with Crippen LogP contribution in [0.1, 0.15) is 187 Å². The summed E-state index contributed by atoms with van der Waals surface area (Å²) in [5.41, 5.74) is 0. The molecule has 0 spiro atoms. The van der Waals surface area contributed by atoms with Crippen molar-refractivity contribution in [2.75, 3.05) is 19.8 Å². The molecule has 0 saturated carbocycles. The predicted molar refractivity (Wildman–Crippen MR) is 235 cm³/mol. The van der Waals surface area contributed by atoms with E-state index in [2.05, 4.69) is 31.3 Å². The van der Waals surface area contributed by atoms with Crippen molar-refractivity contribution in [2.45, 2.75) is 261 Å². The summed E-state index contributed by atoms with van der Waals surface area (Å²) in [6, 6.07) is -0.827. The summed E-state index contributed by atoms with van der Waals surface area (Å²) in [5, 5.41) is 86.7. The first-order valence-electron chi connectivity index (χ1n) is 24.4. The number of hydrogen-bond donors (Lipinski definition) is 9. The van der Waals surface area contributed by atoms with Gasteiger partial charge in [-0.25, -0.2) is 0 Å². The number of amides is 1. The highest BCUT2D eigenvalue weighted by molar-refractivity contribution is 5.76. The molecule has 0 bridgehead atoms. The molecule has 1 amide bonds. The number of rotatable bonds is 37. The van der Waals surface area contributed by atoms with Crippen molar-refractivity contribution in [3.63, 3.8) is 0 Å². The quantitative estimate of drug-likeness (QED) is 0.0274. The van der Waals surface area contributed by atoms with Gasteiger partial charge >= 0.3 is 0 Å². The third kappa shape index (κ3) is 23.0. The standard InChI is InChI=1S/C47H89NO13/c1-3-5-7-9-11-13-15-17-19-21-23-25-27-29-31-39(52)48-35(36(51)30-28-26-24-22-20-18-16-14-12-10-8-6-4-2)34-58-46-44(57)42(55)45(38(33-50)60-46)61-47-43(56)41(54)40(53)37(32-49)59-47/h15,17,35-38,40-47,49-51,53-57H,3-14,16,18-34H2,1-2H3,(H,48,52)/b17-15-. The van der Waals surface area contributed by atoms with E-state index in [4.69, 9.17) is 18.9 Å². The van der Waals surface area contributed by atoms with Gasteiger partial charge in [-0.15, -0.1) is 0 Å². The van der Waals surface area contributed by atoms with Crippen molar-refractivity contribution >= 4 is 5.91 Å². The molecule has 0 aliphatic carbocycles. The van der Waals surface area contributed by atoms with Crippen LogP contribution in [0, 0.1) is 0 Å². The van der Waals surface area contributed by atoms with Gasteiger partial charge in [0.1, 0.15) is 48.8 Å². The maximum absolute atomic E-state index is 13.1. The number of carbonyl (C=O) groups excluding carboxylic acids is 1. The molecule has 0 aromatic carbocycles. The normalized spacial score (nSPS) is 28.0. The van der Waals surface area contributed by atoms with Crippen LogP contribution in [0.3, 0.4) is 0 Å². The lowest BCUT2D eigenvalue weighted by Gasteiger charge is -2.46. The summed E-state index contributed by atoms with van der Waals surface area (Å²) >= 11 is 0. The Morgan fingerprint density at radius 3 is 1.56 bits per heavy atom. The highest BCUT2D eigenvalue weighted by Gasteiger charge is 2.51. The highest BCUT2D eigenvalue weighted by atomic mass is 16.7. The van der Waals surface area contributed by atoms with Gasteiger partial charge < -0.3 is 65.1 Å². The number of ether oxygens (including phenoxy) is 4. The first-order valence-corrected chi connectivity index (χ1v) is 24.4. The zero-order valence-electron chi connectivity index (χ0n) is 37.9. The zero-order valence-corrected chi connectivity index (χ0v) is 37.9. The molecule has 61 heavy (non-hydrogen) atoms. The van der Waals surface area contributed by atoms with Crippen LogP contribution in [0.25, 0.3) is 0 Å². The highest BCUT2D eigenvalue weighted by Crippen LogP contribution is 2.30. The minimum Gasteiger partial charge on any atom is -0.394 e. The second-order valence-electron chi connectivity index (χ2n) is 17.6. The van der Waals surface area contributed by atoms with E-state index in [0.717, 1.165) is 64.2 Å². The fourth-order valence-corrected chi connectivity index (χ4v) is 8.17. The lowest BCUT2D eigenvalue weighted by Crippen LogP contribution is -2.65. The van der Waals surface area contributed by atoms with E-state index >= 15 is 0 Å². The van der Waals surface area contributed by atoms with Crippen molar-refractivity contribution in [3.05, 3.63) is 12.2 Å². The molecule has 9 N–H and O–H groups in total. The second kappa shape index (κ2) is 35.0. The Kier molecular flexibility index (Phi) is 32.1. The molecule has 12 unspecified atom stereocenters. The predicted octanol–water partition coefficient (Wildman–Crippen LogP) is 5.60. The van der Waals surface area contributed by atoms with Crippen LogP contribution < -0.4 is 5.32 Å². The van der Waals surface area contributed by atoms with E-state index in [1.807, 2.05) is 0 Å². The molecule has 2 saturated heterocycles. The molecule has 2 fully saturated rings. The molecule has 12 atom stereocenters. The summed E-state index contributed by atoms with van der Waals surface area (Å²) in [6.45, 7) is 2.82. The van der Waals surface area contributed by atoms with Gasteiger partial charge in [0.25, 0.3) is 0 Å². The van der Waals surface area contributed by atoms with Crippen molar-refractivity contribution in [1.29, 1.82) is 0 Å². The third-order valence-electron chi connectivity index (χ3n) is 12.2. The van der Waals surface area contributed by atoms with Gasteiger partial charge in [-0.1, -0.05) is 154 Å².